The summed E-state index contributed by atoms with van der Waals surface area (Å²) in [7, 11) is 0. The molecule has 1 saturated heterocycles. The van der Waals surface area contributed by atoms with Gasteiger partial charge in [0.2, 0.25) is 0 Å². The lowest BCUT2D eigenvalue weighted by Gasteiger charge is -2.43. The highest BCUT2D eigenvalue weighted by Gasteiger charge is 2.39. The number of aliphatic hydroxyl groups is 1. The summed E-state index contributed by atoms with van der Waals surface area (Å²) in [5.74, 6) is 0.922. The van der Waals surface area contributed by atoms with E-state index < -0.39 is 0 Å². The van der Waals surface area contributed by atoms with Gasteiger partial charge in [0.1, 0.15) is 0 Å². The molecule has 1 aliphatic heterocycles. The van der Waals surface area contributed by atoms with Crippen molar-refractivity contribution >= 4 is 16.8 Å². The number of nitrogens with zero attached hydrogens (tertiary/aromatic N) is 1. The van der Waals surface area contributed by atoms with Gasteiger partial charge in [0, 0.05) is 35.2 Å². The lowest BCUT2D eigenvalue weighted by molar-refractivity contribution is 0.00919. The molecule has 0 bridgehead atoms. The molecule has 1 aromatic heterocycles. The predicted molar refractivity (Wildman–Crippen MR) is 103 cm³/mol. The number of hydrogen-bond acceptors (Lipinski definition) is 3. The molecule has 2 aliphatic rings. The van der Waals surface area contributed by atoms with E-state index in [0.717, 1.165) is 56.3 Å². The Morgan fingerprint density at radius 1 is 1.27 bits per heavy atom. The molecule has 1 saturated carbocycles. The second-order valence-corrected chi connectivity index (χ2v) is 7.85. The molecule has 26 heavy (non-hydrogen) atoms. The summed E-state index contributed by atoms with van der Waals surface area (Å²) in [6, 6.07) is 8.21. The number of amides is 1. The first-order chi connectivity index (χ1) is 12.7. The highest BCUT2D eigenvalue weighted by molar-refractivity contribution is 5.98. The van der Waals surface area contributed by atoms with Crippen molar-refractivity contribution in [2.45, 2.75) is 51.3 Å². The maximum absolute atomic E-state index is 12.9. The normalized spacial score (nSPS) is 25.0. The van der Waals surface area contributed by atoms with E-state index in [-0.39, 0.29) is 18.1 Å². The van der Waals surface area contributed by atoms with Gasteiger partial charge in [-0.3, -0.25) is 4.79 Å². The molecule has 140 valence electrons. The van der Waals surface area contributed by atoms with Crippen molar-refractivity contribution in [2.24, 2.45) is 11.8 Å². The molecule has 2 aromatic rings. The van der Waals surface area contributed by atoms with Gasteiger partial charge in [-0.1, -0.05) is 0 Å². The summed E-state index contributed by atoms with van der Waals surface area (Å²) in [4.78, 5) is 12.9. The molecule has 3 N–H and O–H groups in total. The van der Waals surface area contributed by atoms with E-state index in [9.17, 15) is 9.90 Å². The van der Waals surface area contributed by atoms with Crippen LogP contribution >= 0.6 is 0 Å². The number of aryl methyl sites for hydroxylation is 1. The lowest BCUT2D eigenvalue weighted by Crippen LogP contribution is -2.52. The summed E-state index contributed by atoms with van der Waals surface area (Å²) >= 11 is 0. The molecular formula is C21H29N3O2. The third-order valence-electron chi connectivity index (χ3n) is 6.22. The summed E-state index contributed by atoms with van der Waals surface area (Å²) in [6.45, 7) is 5.08. The minimum Gasteiger partial charge on any atom is -0.393 e. The van der Waals surface area contributed by atoms with Gasteiger partial charge in [0.05, 0.1) is 6.10 Å². The molecule has 1 atom stereocenters. The number of rotatable bonds is 5. The van der Waals surface area contributed by atoms with Crippen molar-refractivity contribution in [2.75, 3.05) is 13.1 Å². The van der Waals surface area contributed by atoms with E-state index in [0.29, 0.717) is 11.8 Å². The average Bonchev–Trinajstić information content (AvgIpc) is 3.06. The van der Waals surface area contributed by atoms with Crippen LogP contribution in [0, 0.1) is 11.8 Å². The SMILES string of the molecule is CCn1ccc2cc(C(=O)N[C@@H](C3CCNCC3)C3CC(O)C3)ccc21. The van der Waals surface area contributed by atoms with Crippen molar-refractivity contribution in [3.8, 4) is 0 Å². The van der Waals surface area contributed by atoms with Gasteiger partial charge < -0.3 is 20.3 Å². The highest BCUT2D eigenvalue weighted by Crippen LogP contribution is 2.36. The van der Waals surface area contributed by atoms with Crippen molar-refractivity contribution in [1.29, 1.82) is 0 Å². The molecule has 1 aromatic carbocycles. The molecule has 5 nitrogen and oxygen atoms in total. The van der Waals surface area contributed by atoms with Crippen LogP contribution in [-0.2, 0) is 6.54 Å². The molecule has 4 rings (SSSR count). The zero-order valence-corrected chi connectivity index (χ0v) is 15.4. The molecule has 1 aliphatic carbocycles. The first-order valence-electron chi connectivity index (χ1n) is 9.94. The number of nitrogens with one attached hydrogen (secondary N) is 2. The first-order valence-corrected chi connectivity index (χ1v) is 9.94. The Labute approximate surface area is 154 Å². The largest absolute Gasteiger partial charge is 0.393 e. The van der Waals surface area contributed by atoms with Gasteiger partial charge in [-0.25, -0.2) is 0 Å². The Morgan fingerprint density at radius 3 is 2.73 bits per heavy atom. The number of fused-ring (bicyclic) bond motifs is 1. The molecule has 2 heterocycles. The number of aromatic nitrogens is 1. The fraction of sp³-hybridized carbons (Fsp3) is 0.571. The minimum absolute atomic E-state index is 0.0149. The standard InChI is InChI=1S/C21H29N3O2/c1-2-24-10-7-15-11-16(3-4-19(15)24)21(26)23-20(17-12-18(25)13-17)14-5-8-22-9-6-14/h3-4,7,10-11,14,17-18,20,22,25H,2,5-6,8-9,12-13H2,1H3,(H,23,26)/t17?,18?,20-/m0/s1. The van der Waals surface area contributed by atoms with Gasteiger partial charge in [-0.05, 0) is 81.8 Å². The quantitative estimate of drug-likeness (QED) is 0.772. The molecule has 0 spiro atoms. The molecule has 0 unspecified atom stereocenters. The van der Waals surface area contributed by atoms with E-state index in [1.165, 1.54) is 5.52 Å². The Morgan fingerprint density at radius 2 is 2.04 bits per heavy atom. The molecule has 1 amide bonds. The van der Waals surface area contributed by atoms with Crippen molar-refractivity contribution in [3.63, 3.8) is 0 Å². The van der Waals surface area contributed by atoms with Crippen LogP contribution in [0.25, 0.3) is 10.9 Å². The van der Waals surface area contributed by atoms with Crippen molar-refractivity contribution in [1.82, 2.24) is 15.2 Å². The predicted octanol–water partition coefficient (Wildman–Crippen LogP) is 2.53. The van der Waals surface area contributed by atoms with Crippen LogP contribution in [-0.4, -0.2) is 40.8 Å². The Kier molecular flexibility index (Phi) is 5.00. The highest BCUT2D eigenvalue weighted by atomic mass is 16.3. The Balaban J connectivity index is 1.51. The van der Waals surface area contributed by atoms with Crippen LogP contribution in [0.15, 0.2) is 30.5 Å². The summed E-state index contributed by atoms with van der Waals surface area (Å²) in [5.41, 5.74) is 1.89. The van der Waals surface area contributed by atoms with Crippen molar-refractivity contribution < 1.29 is 9.90 Å². The third kappa shape index (κ3) is 3.38. The summed E-state index contributed by atoms with van der Waals surface area (Å²) in [5, 5.41) is 17.6. The van der Waals surface area contributed by atoms with Gasteiger partial charge >= 0.3 is 0 Å². The van der Waals surface area contributed by atoms with Crippen LogP contribution in [0.3, 0.4) is 0 Å². The number of aliphatic hydroxyl groups excluding tert-OH is 1. The number of piperidine rings is 1. The molecule has 0 radical (unpaired) electrons. The second kappa shape index (κ2) is 7.41. The summed E-state index contributed by atoms with van der Waals surface area (Å²) in [6.07, 6.45) is 5.69. The van der Waals surface area contributed by atoms with Gasteiger partial charge in [-0.15, -0.1) is 0 Å². The van der Waals surface area contributed by atoms with E-state index in [1.54, 1.807) is 0 Å². The zero-order chi connectivity index (χ0) is 18.1. The minimum atomic E-state index is -0.189. The monoisotopic (exact) mass is 355 g/mol. The maximum atomic E-state index is 12.9. The van der Waals surface area contributed by atoms with Gasteiger partial charge in [-0.2, -0.15) is 0 Å². The van der Waals surface area contributed by atoms with E-state index in [1.807, 2.05) is 18.2 Å². The molecule has 2 fully saturated rings. The number of carbonyl (C=O) groups is 1. The molecular weight excluding hydrogens is 326 g/mol. The van der Waals surface area contributed by atoms with Gasteiger partial charge in [0.15, 0.2) is 0 Å². The van der Waals surface area contributed by atoms with E-state index >= 15 is 0 Å². The Bertz CT molecular complexity index is 773. The van der Waals surface area contributed by atoms with E-state index in [4.69, 9.17) is 0 Å². The van der Waals surface area contributed by atoms with Crippen LogP contribution in [0.5, 0.6) is 0 Å². The number of benzene rings is 1. The van der Waals surface area contributed by atoms with E-state index in [2.05, 4.69) is 34.4 Å². The number of carbonyl (C=O) groups excluding carboxylic acids is 1. The first kappa shape index (κ1) is 17.6. The Hall–Kier alpha value is -1.85. The smallest absolute Gasteiger partial charge is 0.251 e. The van der Waals surface area contributed by atoms with Gasteiger partial charge in [0.25, 0.3) is 5.91 Å². The summed E-state index contributed by atoms with van der Waals surface area (Å²) < 4.78 is 2.19. The van der Waals surface area contributed by atoms with Crippen molar-refractivity contribution in [3.05, 3.63) is 36.0 Å². The number of hydrogen-bond donors (Lipinski definition) is 3. The maximum Gasteiger partial charge on any atom is 0.251 e. The zero-order valence-electron chi connectivity index (χ0n) is 15.4. The fourth-order valence-corrected chi connectivity index (χ4v) is 4.60. The van der Waals surface area contributed by atoms with Crippen LogP contribution < -0.4 is 10.6 Å². The van der Waals surface area contributed by atoms with Crippen LogP contribution in [0.4, 0.5) is 0 Å². The second-order valence-electron chi connectivity index (χ2n) is 7.85. The third-order valence-corrected chi connectivity index (χ3v) is 6.22. The lowest BCUT2D eigenvalue weighted by atomic mass is 9.71. The average molecular weight is 355 g/mol. The van der Waals surface area contributed by atoms with Crippen LogP contribution in [0.2, 0.25) is 0 Å². The van der Waals surface area contributed by atoms with Crippen LogP contribution in [0.1, 0.15) is 43.0 Å². The fourth-order valence-electron chi connectivity index (χ4n) is 4.60. The molecule has 5 heteroatoms. The topological polar surface area (TPSA) is 66.3 Å².